The van der Waals surface area contributed by atoms with Crippen LogP contribution in [0, 0.1) is 35.5 Å². The maximum Gasteiger partial charge on any atom is 0.407 e. The zero-order valence-corrected chi connectivity index (χ0v) is 36.6. The van der Waals surface area contributed by atoms with Crippen molar-refractivity contribution in [1.29, 1.82) is 0 Å². The SMILES string of the molecule is COC(=O)N[C@H](C(=O)N1C[C@@H](C)C[C@H]1c1nc(-c2ccc(C#Cc3ccc(-c4nc([C@@H]5C[C@H](C)CN5C(=O)[C@H](NC(=O)OC)C(C)C)[nH]c4Cl)cc3)cc2)c(Cl)[nH]1)C(C)C. The van der Waals surface area contributed by atoms with Gasteiger partial charge in [-0.05, 0) is 60.8 Å². The third-order valence-electron chi connectivity index (χ3n) is 11.0. The number of carbonyl (C=O) groups is 4. The van der Waals surface area contributed by atoms with Crippen molar-refractivity contribution in [2.45, 2.75) is 78.6 Å². The molecular formula is C44H52Cl2N8O6. The van der Waals surface area contributed by atoms with E-state index in [-0.39, 0.29) is 47.6 Å². The lowest BCUT2D eigenvalue weighted by Crippen LogP contribution is -2.51. The number of nitrogens with one attached hydrogen (secondary N) is 4. The Morgan fingerprint density at radius 1 is 0.667 bits per heavy atom. The lowest BCUT2D eigenvalue weighted by Gasteiger charge is -2.30. The summed E-state index contributed by atoms with van der Waals surface area (Å²) >= 11 is 13.4. The second-order valence-electron chi connectivity index (χ2n) is 16.4. The van der Waals surface area contributed by atoms with E-state index in [1.807, 2.05) is 76.2 Å². The van der Waals surface area contributed by atoms with Crippen LogP contribution in [0.1, 0.15) is 89.2 Å². The van der Waals surface area contributed by atoms with E-state index in [0.29, 0.717) is 59.3 Å². The van der Waals surface area contributed by atoms with Crippen LogP contribution in [-0.2, 0) is 19.1 Å². The first-order chi connectivity index (χ1) is 28.6. The number of benzene rings is 2. The van der Waals surface area contributed by atoms with E-state index in [2.05, 4.69) is 46.3 Å². The smallest absolute Gasteiger partial charge is 0.407 e. The van der Waals surface area contributed by atoms with Crippen LogP contribution in [0.25, 0.3) is 22.5 Å². The van der Waals surface area contributed by atoms with Gasteiger partial charge in [0.1, 0.15) is 45.4 Å². The highest BCUT2D eigenvalue weighted by Gasteiger charge is 2.42. The second-order valence-corrected chi connectivity index (χ2v) is 17.1. The van der Waals surface area contributed by atoms with Crippen molar-refractivity contribution in [2.75, 3.05) is 27.3 Å². The summed E-state index contributed by atoms with van der Waals surface area (Å²) in [6.07, 6.45) is 0.0834. The molecule has 0 saturated carbocycles. The summed E-state index contributed by atoms with van der Waals surface area (Å²) in [5.74, 6) is 7.35. The molecule has 2 aromatic carbocycles. The van der Waals surface area contributed by atoms with Crippen LogP contribution >= 0.6 is 23.2 Å². The van der Waals surface area contributed by atoms with Crippen molar-refractivity contribution in [2.24, 2.45) is 23.7 Å². The predicted molar refractivity (Wildman–Crippen MR) is 229 cm³/mol. The van der Waals surface area contributed by atoms with Crippen molar-refractivity contribution >= 4 is 47.2 Å². The highest BCUT2D eigenvalue weighted by Crippen LogP contribution is 2.39. The first kappa shape index (κ1) is 44.0. The van der Waals surface area contributed by atoms with Gasteiger partial charge >= 0.3 is 12.2 Å². The van der Waals surface area contributed by atoms with Gasteiger partial charge in [-0.1, -0.05) is 101 Å². The number of imidazole rings is 2. The molecular weight excluding hydrogens is 807 g/mol. The summed E-state index contributed by atoms with van der Waals surface area (Å²) in [6.45, 7) is 12.7. The number of H-pyrrole nitrogens is 2. The standard InChI is InChI=1S/C44H52Cl2N8O6/c1-23(2)33(49-43(57)59-7)41(55)53-21-25(5)19-31(53)39-47-35(37(45)51-39)29-15-11-27(12-16-29)9-10-28-13-17-30(18-14-28)36-38(46)52-40(48-36)32-20-26(6)22-54(32)42(56)34(24(3)4)50-44(58)60-8/h11-18,23-26,31-34H,19-22H2,1-8H3,(H,47,51)(H,48,52)(H,49,57)(H,50,58)/t25-,26-,31-,32-,33-,34+/m0/s1. The third kappa shape index (κ3) is 9.74. The Balaban J connectivity index is 1.13. The van der Waals surface area contributed by atoms with E-state index in [1.54, 1.807) is 9.80 Å². The van der Waals surface area contributed by atoms with Crippen molar-refractivity contribution in [1.82, 2.24) is 40.4 Å². The number of hydrogen-bond donors (Lipinski definition) is 4. The number of carbonyl (C=O) groups excluding carboxylic acids is 4. The van der Waals surface area contributed by atoms with Crippen LogP contribution < -0.4 is 10.6 Å². The summed E-state index contributed by atoms with van der Waals surface area (Å²) in [4.78, 5) is 71.1. The highest BCUT2D eigenvalue weighted by atomic mass is 35.5. The fraction of sp³-hybridized carbons (Fsp3) is 0.455. The first-order valence-corrected chi connectivity index (χ1v) is 20.9. The number of alkyl carbamates (subject to hydrolysis) is 2. The number of amides is 4. The predicted octanol–water partition coefficient (Wildman–Crippen LogP) is 7.75. The molecule has 4 amide bonds. The molecule has 4 N–H and O–H groups in total. The number of halogens is 2. The zero-order chi connectivity index (χ0) is 43.4. The van der Waals surface area contributed by atoms with Crippen LogP contribution in [0.15, 0.2) is 48.5 Å². The molecule has 4 heterocycles. The number of likely N-dealkylation sites (tertiary alicyclic amines) is 2. The van der Waals surface area contributed by atoms with E-state index >= 15 is 0 Å². The summed E-state index contributed by atoms with van der Waals surface area (Å²) in [5, 5.41) is 6.10. The molecule has 2 saturated heterocycles. The van der Waals surface area contributed by atoms with E-state index < -0.39 is 24.3 Å². The third-order valence-corrected chi connectivity index (χ3v) is 11.6. The number of methoxy groups -OCH3 is 2. The van der Waals surface area contributed by atoms with Crippen LogP contribution in [0.3, 0.4) is 0 Å². The Morgan fingerprint density at radius 3 is 1.33 bits per heavy atom. The van der Waals surface area contributed by atoms with E-state index in [4.69, 9.17) is 42.6 Å². The van der Waals surface area contributed by atoms with Crippen molar-refractivity contribution in [3.63, 3.8) is 0 Å². The van der Waals surface area contributed by atoms with Crippen LogP contribution in [0.5, 0.6) is 0 Å². The Kier molecular flexibility index (Phi) is 13.8. The minimum atomic E-state index is -0.745. The monoisotopic (exact) mass is 858 g/mol. The molecule has 2 aliphatic rings. The molecule has 16 heteroatoms. The molecule has 4 aromatic rings. The van der Waals surface area contributed by atoms with Gasteiger partial charge in [0.05, 0.1) is 26.3 Å². The molecule has 0 radical (unpaired) electrons. The molecule has 0 unspecified atom stereocenters. The van der Waals surface area contributed by atoms with Gasteiger partial charge in [-0.25, -0.2) is 19.6 Å². The van der Waals surface area contributed by atoms with E-state index in [1.165, 1.54) is 14.2 Å². The summed E-state index contributed by atoms with van der Waals surface area (Å²) < 4.78 is 9.53. The lowest BCUT2D eigenvalue weighted by molar-refractivity contribution is -0.136. The van der Waals surface area contributed by atoms with Gasteiger partial charge < -0.3 is 39.9 Å². The van der Waals surface area contributed by atoms with E-state index in [0.717, 1.165) is 22.3 Å². The number of nitrogens with zero attached hydrogens (tertiary/aromatic N) is 4. The molecule has 6 atom stereocenters. The summed E-state index contributed by atoms with van der Waals surface area (Å²) in [6, 6.07) is 13.1. The van der Waals surface area contributed by atoms with Crippen molar-refractivity contribution in [3.8, 4) is 34.4 Å². The maximum absolute atomic E-state index is 13.7. The fourth-order valence-corrected chi connectivity index (χ4v) is 8.35. The van der Waals surface area contributed by atoms with Gasteiger partial charge in [-0.15, -0.1) is 0 Å². The van der Waals surface area contributed by atoms with Gasteiger partial charge in [-0.3, -0.25) is 9.59 Å². The molecule has 318 valence electrons. The van der Waals surface area contributed by atoms with Crippen molar-refractivity contribution in [3.05, 3.63) is 81.6 Å². The average Bonchev–Trinajstić information content (AvgIpc) is 4.02. The Labute approximate surface area is 360 Å². The number of aromatic nitrogens is 4. The molecule has 60 heavy (non-hydrogen) atoms. The fourth-order valence-electron chi connectivity index (χ4n) is 7.86. The van der Waals surface area contributed by atoms with Gasteiger partial charge in [0.25, 0.3) is 0 Å². The summed E-state index contributed by atoms with van der Waals surface area (Å²) in [5.41, 5.74) is 4.31. The molecule has 14 nitrogen and oxygen atoms in total. The number of aromatic amines is 2. The van der Waals surface area contributed by atoms with Crippen molar-refractivity contribution < 1.29 is 28.7 Å². The first-order valence-electron chi connectivity index (χ1n) is 20.1. The Morgan fingerprint density at radius 2 is 1.02 bits per heavy atom. The largest absolute Gasteiger partial charge is 0.453 e. The number of ether oxygens (including phenoxy) is 2. The van der Waals surface area contributed by atoms with Gasteiger partial charge in [0.2, 0.25) is 11.8 Å². The van der Waals surface area contributed by atoms with Crippen LogP contribution in [0.2, 0.25) is 10.3 Å². The molecule has 2 aliphatic heterocycles. The Bertz CT molecular complexity index is 2110. The highest BCUT2D eigenvalue weighted by molar-refractivity contribution is 6.32. The molecule has 0 aliphatic carbocycles. The Hall–Kier alpha value is -5.52. The summed E-state index contributed by atoms with van der Waals surface area (Å²) in [7, 11) is 2.55. The number of hydrogen-bond acceptors (Lipinski definition) is 8. The minimum Gasteiger partial charge on any atom is -0.453 e. The number of rotatable bonds is 10. The molecule has 6 rings (SSSR count). The van der Waals surface area contributed by atoms with Gasteiger partial charge in [0.15, 0.2) is 0 Å². The topological polar surface area (TPSA) is 175 Å². The molecule has 0 spiro atoms. The molecule has 2 fully saturated rings. The quantitative estimate of drug-likeness (QED) is 0.117. The maximum atomic E-state index is 13.7. The van der Waals surface area contributed by atoms with Gasteiger partial charge in [0, 0.05) is 35.3 Å². The normalized spacial score (nSPS) is 19.8. The van der Waals surface area contributed by atoms with Crippen LogP contribution in [0.4, 0.5) is 9.59 Å². The molecule has 0 bridgehead atoms. The van der Waals surface area contributed by atoms with Gasteiger partial charge in [-0.2, -0.15) is 0 Å². The second kappa shape index (κ2) is 18.8. The van der Waals surface area contributed by atoms with Crippen LogP contribution in [-0.4, -0.2) is 93.1 Å². The molecule has 2 aromatic heterocycles. The average molecular weight is 860 g/mol. The zero-order valence-electron chi connectivity index (χ0n) is 35.1. The minimum absolute atomic E-state index is 0.151. The lowest BCUT2D eigenvalue weighted by atomic mass is 10.0. The van der Waals surface area contributed by atoms with E-state index in [9.17, 15) is 19.2 Å².